The number of halogens is 1. The molecule has 1 aromatic carbocycles. The number of oxime groups is 1. The molecule has 3 aromatic rings. The molecule has 3 saturated heterocycles. The predicted octanol–water partition coefficient (Wildman–Crippen LogP) is 5.44. The number of benzene rings is 1. The molecule has 20 atom stereocenters. The Balaban J connectivity index is 1.28. The van der Waals surface area contributed by atoms with Crippen LogP contribution in [-0.2, 0) is 53.9 Å². The highest BCUT2D eigenvalue weighted by atomic mass is 19.1. The zero-order valence-electron chi connectivity index (χ0n) is 49.6. The Morgan fingerprint density at radius 2 is 1.55 bits per heavy atom. The van der Waals surface area contributed by atoms with Crippen LogP contribution in [0.15, 0.2) is 48.0 Å². The summed E-state index contributed by atoms with van der Waals surface area (Å²) in [6.07, 6.45) is -4.73. The van der Waals surface area contributed by atoms with Crippen molar-refractivity contribution in [2.24, 2.45) is 28.8 Å². The number of aromatic nitrogens is 5. The van der Waals surface area contributed by atoms with Gasteiger partial charge < -0.3 is 72.8 Å². The predicted molar refractivity (Wildman–Crippen MR) is 292 cm³/mol. The standard InChI is InChI=1S/C57H90FN7O15/c1-17-43-57(10,70)49(67)33(4)45(62-75-16)31(2)25-56(9,74-15)51(34(5)47(35(6)52(69)78-43)79-44-26-55(8,73-14)50(68)36(7)77-44)80-53-46(66)41(24-32(3)76-53)64(11)23-22-40-30-65(63-61-40)42(27-58)48(71-12)38-20-18-37(19-21-38)39-28-59-54(72-13)60-29-39/h18-21,28-36,41-44,46-51,53,66-68,70H,17,22-27H2,1-16H3/b62-45+/t31-,32-,33+,34+,35-,36+,41+,42-,43-,44+,46-,47+,48-,49-,50+,51-,53+,55-,56-,57-/m1/s1. The van der Waals surface area contributed by atoms with Crippen LogP contribution >= 0.6 is 0 Å². The minimum absolute atomic E-state index is 0.0888. The fourth-order valence-electron chi connectivity index (χ4n) is 12.1. The van der Waals surface area contributed by atoms with Crippen LogP contribution in [0.2, 0.25) is 0 Å². The number of alkyl halides is 1. The zero-order valence-corrected chi connectivity index (χ0v) is 49.6. The van der Waals surface area contributed by atoms with Crippen molar-refractivity contribution in [1.82, 2.24) is 29.9 Å². The summed E-state index contributed by atoms with van der Waals surface area (Å²) in [6, 6.07) is 6.47. The number of rotatable bonds is 19. The Morgan fingerprint density at radius 3 is 2.14 bits per heavy atom. The number of ether oxygens (including phenoxy) is 9. The van der Waals surface area contributed by atoms with E-state index in [0.29, 0.717) is 30.8 Å². The maximum Gasteiger partial charge on any atom is 0.316 e. The number of carbonyl (C=O) groups excluding carboxylic acids is 1. The van der Waals surface area contributed by atoms with E-state index >= 15 is 4.39 Å². The first-order valence-corrected chi connectivity index (χ1v) is 27.8. The first-order valence-electron chi connectivity index (χ1n) is 27.8. The van der Waals surface area contributed by atoms with Crippen LogP contribution in [0.25, 0.3) is 11.1 Å². The van der Waals surface area contributed by atoms with E-state index in [1.807, 2.05) is 63.9 Å². The van der Waals surface area contributed by atoms with Gasteiger partial charge in [0.15, 0.2) is 12.6 Å². The van der Waals surface area contributed by atoms with Gasteiger partial charge in [0.05, 0.1) is 66.2 Å². The molecule has 0 saturated carbocycles. The molecule has 3 aliphatic rings. The van der Waals surface area contributed by atoms with Crippen molar-refractivity contribution < 1.29 is 77.1 Å². The van der Waals surface area contributed by atoms with Gasteiger partial charge in [0, 0.05) is 88.7 Å². The highest BCUT2D eigenvalue weighted by molar-refractivity contribution is 5.88. The van der Waals surface area contributed by atoms with Crippen molar-refractivity contribution in [3.05, 3.63) is 54.1 Å². The molecule has 450 valence electrons. The number of likely N-dealkylation sites (N-methyl/N-ethyl adjacent to an activating group) is 1. The Bertz CT molecular complexity index is 2440. The third kappa shape index (κ3) is 14.3. The van der Waals surface area contributed by atoms with Crippen LogP contribution in [0.3, 0.4) is 0 Å². The number of cyclic esters (lactones) is 1. The quantitative estimate of drug-likeness (QED) is 0.0860. The number of carbonyl (C=O) groups is 1. The van der Waals surface area contributed by atoms with E-state index in [2.05, 4.69) is 25.4 Å². The smallest absolute Gasteiger partial charge is 0.316 e. The van der Waals surface area contributed by atoms with Gasteiger partial charge in [-0.25, -0.2) is 19.0 Å². The summed E-state index contributed by atoms with van der Waals surface area (Å²) in [5, 5.41) is 60.8. The van der Waals surface area contributed by atoms with Gasteiger partial charge in [-0.1, -0.05) is 62.3 Å². The largest absolute Gasteiger partial charge is 0.467 e. The Morgan fingerprint density at radius 1 is 0.887 bits per heavy atom. The zero-order chi connectivity index (χ0) is 59.0. The average molecular weight is 1130 g/mol. The molecular formula is C57H90FN7O15. The molecule has 0 bridgehead atoms. The maximum atomic E-state index is 15.0. The molecule has 80 heavy (non-hydrogen) atoms. The number of hydrogen-bond acceptors (Lipinski definition) is 21. The van der Waals surface area contributed by atoms with Crippen LogP contribution in [0.4, 0.5) is 4.39 Å². The molecular weight excluding hydrogens is 1040 g/mol. The van der Waals surface area contributed by atoms with Gasteiger partial charge in [-0.05, 0) is 79.0 Å². The van der Waals surface area contributed by atoms with E-state index in [9.17, 15) is 25.2 Å². The summed E-state index contributed by atoms with van der Waals surface area (Å²) in [5.74, 6) is -3.87. The summed E-state index contributed by atoms with van der Waals surface area (Å²) in [6.45, 7) is 17.2. The van der Waals surface area contributed by atoms with E-state index in [4.69, 9.17) is 47.5 Å². The van der Waals surface area contributed by atoms with Crippen LogP contribution in [0, 0.1) is 23.7 Å². The minimum atomic E-state index is -1.94. The van der Waals surface area contributed by atoms with Crippen molar-refractivity contribution in [3.63, 3.8) is 0 Å². The lowest BCUT2D eigenvalue weighted by Crippen LogP contribution is -2.61. The highest BCUT2D eigenvalue weighted by Crippen LogP contribution is 2.42. The number of methoxy groups -OCH3 is 4. The molecule has 0 spiro atoms. The lowest BCUT2D eigenvalue weighted by atomic mass is 9.73. The number of nitrogens with zero attached hydrogens (tertiary/aromatic N) is 7. The fourth-order valence-corrected chi connectivity index (χ4v) is 12.1. The molecule has 2 aromatic heterocycles. The summed E-state index contributed by atoms with van der Waals surface area (Å²) in [7, 11) is 9.37. The summed E-state index contributed by atoms with van der Waals surface area (Å²) < 4.78 is 72.8. The van der Waals surface area contributed by atoms with Crippen molar-refractivity contribution in [2.75, 3.05) is 55.8 Å². The van der Waals surface area contributed by atoms with Crippen LogP contribution < -0.4 is 4.74 Å². The fraction of sp³-hybridized carbons (Fsp3) is 0.754. The SMILES string of the molecule is CC[C@H]1OC(=O)[C@H](C)[C@@H](O[C@H]2C[C@@](C)(OC)[C@@H](O)[C@H](C)O2)[C@H](C)[C@@H](O[C@@H]2O[C@H](C)C[C@H](N(C)CCc3cn([C@H](CF)[C@H](OC)c4ccc(-c5cnc(OC)nc5)cc4)nn3)[C@H]2O)[C@](C)(OC)C[C@@H](C)/C(=N\OC)[C@H](C)[C@@H](O)[C@]1(C)O. The normalized spacial score (nSPS) is 37.2. The molecule has 3 aliphatic heterocycles. The van der Waals surface area contributed by atoms with Crippen LogP contribution in [0.5, 0.6) is 6.01 Å². The lowest BCUT2D eigenvalue weighted by molar-refractivity contribution is -0.319. The van der Waals surface area contributed by atoms with Gasteiger partial charge >= 0.3 is 12.0 Å². The van der Waals surface area contributed by atoms with E-state index in [0.717, 1.165) is 16.7 Å². The van der Waals surface area contributed by atoms with Crippen molar-refractivity contribution >= 4 is 11.7 Å². The van der Waals surface area contributed by atoms with E-state index < -0.39 is 133 Å². The molecule has 5 heterocycles. The van der Waals surface area contributed by atoms with Gasteiger partial charge in [-0.3, -0.25) is 4.79 Å². The van der Waals surface area contributed by atoms with Crippen molar-refractivity contribution in [3.8, 4) is 17.1 Å². The van der Waals surface area contributed by atoms with E-state index in [-0.39, 0.29) is 25.3 Å². The highest BCUT2D eigenvalue weighted by Gasteiger charge is 2.54. The minimum Gasteiger partial charge on any atom is -0.467 e. The molecule has 0 unspecified atom stereocenters. The Labute approximate surface area is 470 Å². The molecule has 4 N–H and O–H groups in total. The number of esters is 1. The third-order valence-electron chi connectivity index (χ3n) is 17.2. The summed E-state index contributed by atoms with van der Waals surface area (Å²) in [4.78, 5) is 30.4. The molecule has 23 heteroatoms. The lowest BCUT2D eigenvalue weighted by Gasteiger charge is -2.50. The van der Waals surface area contributed by atoms with Gasteiger partial charge in [-0.15, -0.1) is 5.10 Å². The molecule has 0 radical (unpaired) electrons. The van der Waals surface area contributed by atoms with Gasteiger partial charge in [0.25, 0.3) is 0 Å². The maximum absolute atomic E-state index is 15.0. The van der Waals surface area contributed by atoms with Crippen molar-refractivity contribution in [1.29, 1.82) is 0 Å². The number of hydrogen-bond donors (Lipinski definition) is 4. The summed E-state index contributed by atoms with van der Waals surface area (Å²) >= 11 is 0. The molecule has 0 amide bonds. The third-order valence-corrected chi connectivity index (χ3v) is 17.2. The monoisotopic (exact) mass is 1130 g/mol. The van der Waals surface area contributed by atoms with E-state index in [1.54, 1.807) is 60.3 Å². The van der Waals surface area contributed by atoms with Gasteiger partial charge in [0.2, 0.25) is 0 Å². The molecule has 0 aliphatic carbocycles. The summed E-state index contributed by atoms with van der Waals surface area (Å²) in [5.41, 5.74) is -0.907. The Hall–Kier alpha value is -4.37. The average Bonchev–Trinajstić information content (AvgIpc) is 4.02. The Kier molecular flexibility index (Phi) is 22.5. The van der Waals surface area contributed by atoms with E-state index in [1.165, 1.54) is 40.0 Å². The molecule has 6 rings (SSSR count). The van der Waals surface area contributed by atoms with Crippen LogP contribution in [-0.4, -0.2) is 202 Å². The first kappa shape index (κ1) is 64.8. The number of aliphatic hydroxyl groups excluding tert-OH is 3. The first-order chi connectivity index (χ1) is 37.8. The second-order valence-electron chi connectivity index (χ2n) is 22.8. The molecule has 22 nitrogen and oxygen atoms in total. The second-order valence-corrected chi connectivity index (χ2v) is 22.8. The van der Waals surface area contributed by atoms with Crippen LogP contribution in [0.1, 0.15) is 118 Å². The second kappa shape index (κ2) is 27.8. The van der Waals surface area contributed by atoms with Gasteiger partial charge in [0.1, 0.15) is 49.8 Å². The van der Waals surface area contributed by atoms with Gasteiger partial charge in [-0.2, -0.15) is 0 Å². The molecule has 3 fully saturated rings. The van der Waals surface area contributed by atoms with Crippen molar-refractivity contribution in [2.45, 2.75) is 198 Å². The number of aliphatic hydroxyl groups is 4. The topological polar surface area (TPSA) is 262 Å².